The second kappa shape index (κ2) is 7.31. The number of allylic oxidation sites excluding steroid dienone is 2. The minimum absolute atomic E-state index is 0.0294. The topological polar surface area (TPSA) is 110 Å². The maximum atomic E-state index is 12.7. The number of esters is 2. The molecule has 2 aliphatic carbocycles. The van der Waals surface area contributed by atoms with Gasteiger partial charge in [-0.15, -0.1) is 0 Å². The monoisotopic (exact) mass is 408 g/mol. The summed E-state index contributed by atoms with van der Waals surface area (Å²) in [7, 11) is 0. The van der Waals surface area contributed by atoms with Crippen LogP contribution in [0.4, 0.5) is 0 Å². The second-order valence-electron chi connectivity index (χ2n) is 7.11. The molecule has 3 aliphatic rings. The van der Waals surface area contributed by atoms with Crippen LogP contribution in [0.25, 0.3) is 0 Å². The van der Waals surface area contributed by atoms with Crippen LogP contribution in [-0.4, -0.2) is 52.9 Å². The smallest absolute Gasteiger partial charge is 0.334 e. The summed E-state index contributed by atoms with van der Waals surface area (Å²) in [5, 5.41) is 20.6. The zero-order valence-electron chi connectivity index (χ0n) is 15.7. The standard InChI is InChI=1S/C20H21ClO7/c1-5-7(2)19(25)28-18-12-9(4)20(26)27-17(12)13-10(6-22)14(21)16(24)11(13)8(3)15(18)23/h5,12-13,15,17-18,22-23H,4,6H2,1-3H3/b7-5+/t12-,13-,15+,17-,18-/m0/s1. The Balaban J connectivity index is 2.16. The summed E-state index contributed by atoms with van der Waals surface area (Å²) in [5.41, 5.74) is 0.972. The van der Waals surface area contributed by atoms with Crippen molar-refractivity contribution in [2.24, 2.45) is 11.8 Å². The van der Waals surface area contributed by atoms with Crippen LogP contribution in [0, 0.1) is 11.8 Å². The summed E-state index contributed by atoms with van der Waals surface area (Å²) < 4.78 is 11.0. The number of fused-ring (bicyclic) bond motifs is 3. The minimum atomic E-state index is -1.38. The molecule has 28 heavy (non-hydrogen) atoms. The van der Waals surface area contributed by atoms with E-state index in [1.165, 1.54) is 6.92 Å². The second-order valence-corrected chi connectivity index (χ2v) is 7.49. The van der Waals surface area contributed by atoms with Crippen LogP contribution >= 0.6 is 11.6 Å². The molecule has 1 fully saturated rings. The number of carbonyl (C=O) groups is 3. The number of Topliss-reactive ketones (excluding diaryl/α,β-unsaturated/α-hetero) is 1. The number of halogens is 1. The molecule has 0 radical (unpaired) electrons. The maximum Gasteiger partial charge on any atom is 0.334 e. The van der Waals surface area contributed by atoms with Crippen molar-refractivity contribution in [1.29, 1.82) is 0 Å². The van der Waals surface area contributed by atoms with Gasteiger partial charge in [-0.1, -0.05) is 24.3 Å². The van der Waals surface area contributed by atoms with Gasteiger partial charge in [0.25, 0.3) is 0 Å². The first-order valence-electron chi connectivity index (χ1n) is 8.82. The van der Waals surface area contributed by atoms with Crippen LogP contribution in [0.3, 0.4) is 0 Å². The van der Waals surface area contributed by atoms with Crippen LogP contribution in [-0.2, 0) is 23.9 Å². The number of ether oxygens (including phenoxy) is 2. The van der Waals surface area contributed by atoms with Gasteiger partial charge in [0.2, 0.25) is 5.78 Å². The van der Waals surface area contributed by atoms with Crippen LogP contribution in [0.1, 0.15) is 20.8 Å². The van der Waals surface area contributed by atoms with Gasteiger partial charge in [0.1, 0.15) is 18.3 Å². The third-order valence-electron chi connectivity index (χ3n) is 5.70. The zero-order chi connectivity index (χ0) is 20.9. The number of ketones is 1. The number of aliphatic hydroxyl groups excluding tert-OH is 2. The molecule has 1 aliphatic heterocycles. The largest absolute Gasteiger partial charge is 0.457 e. The summed E-state index contributed by atoms with van der Waals surface area (Å²) in [4.78, 5) is 37.3. The molecule has 150 valence electrons. The van der Waals surface area contributed by atoms with E-state index in [2.05, 4.69) is 6.58 Å². The summed E-state index contributed by atoms with van der Waals surface area (Å²) in [5.74, 6) is -3.65. The molecule has 5 atom stereocenters. The Morgan fingerprint density at radius 3 is 2.61 bits per heavy atom. The molecule has 0 amide bonds. The Morgan fingerprint density at radius 2 is 2.04 bits per heavy atom. The van der Waals surface area contributed by atoms with E-state index >= 15 is 0 Å². The fourth-order valence-electron chi connectivity index (χ4n) is 4.01. The predicted molar refractivity (Wildman–Crippen MR) is 99.0 cm³/mol. The van der Waals surface area contributed by atoms with Crippen molar-refractivity contribution in [1.82, 2.24) is 0 Å². The molecule has 1 heterocycles. The average Bonchev–Trinajstić information content (AvgIpc) is 3.07. The number of carbonyl (C=O) groups excluding carboxylic acids is 3. The van der Waals surface area contributed by atoms with Gasteiger partial charge in [-0.05, 0) is 31.9 Å². The van der Waals surface area contributed by atoms with E-state index in [-0.39, 0.29) is 27.3 Å². The Morgan fingerprint density at radius 1 is 1.39 bits per heavy atom. The first-order chi connectivity index (χ1) is 13.1. The van der Waals surface area contributed by atoms with Gasteiger partial charge < -0.3 is 19.7 Å². The Kier molecular flexibility index (Phi) is 5.36. The third kappa shape index (κ3) is 2.85. The Hall–Kier alpha value is -2.22. The average molecular weight is 409 g/mol. The van der Waals surface area contributed by atoms with E-state index in [9.17, 15) is 24.6 Å². The highest BCUT2D eigenvalue weighted by Crippen LogP contribution is 2.50. The molecule has 0 bridgehead atoms. The van der Waals surface area contributed by atoms with Crippen LogP contribution < -0.4 is 0 Å². The zero-order valence-corrected chi connectivity index (χ0v) is 16.4. The highest BCUT2D eigenvalue weighted by atomic mass is 35.5. The predicted octanol–water partition coefficient (Wildman–Crippen LogP) is 1.34. The van der Waals surface area contributed by atoms with Crippen molar-refractivity contribution >= 4 is 29.3 Å². The maximum absolute atomic E-state index is 12.7. The number of aliphatic hydroxyl groups is 2. The van der Waals surface area contributed by atoms with Crippen LogP contribution in [0.2, 0.25) is 0 Å². The lowest BCUT2D eigenvalue weighted by Crippen LogP contribution is -2.42. The molecule has 7 nitrogen and oxygen atoms in total. The molecule has 3 rings (SSSR count). The van der Waals surface area contributed by atoms with Gasteiger partial charge in [0.15, 0.2) is 0 Å². The fraction of sp³-hybridized carbons (Fsp3) is 0.450. The van der Waals surface area contributed by atoms with E-state index < -0.39 is 54.5 Å². The van der Waals surface area contributed by atoms with Crippen molar-refractivity contribution in [3.63, 3.8) is 0 Å². The normalized spacial score (nSPS) is 33.0. The molecular formula is C20H21ClO7. The van der Waals surface area contributed by atoms with Gasteiger partial charge in [-0.3, -0.25) is 4.79 Å². The lowest BCUT2D eigenvalue weighted by atomic mass is 9.81. The van der Waals surface area contributed by atoms with E-state index in [0.29, 0.717) is 5.57 Å². The van der Waals surface area contributed by atoms with Gasteiger partial charge in [-0.2, -0.15) is 0 Å². The molecule has 0 aromatic rings. The molecule has 2 N–H and O–H groups in total. The van der Waals surface area contributed by atoms with E-state index in [0.717, 1.165) is 0 Å². The molecule has 0 saturated carbocycles. The van der Waals surface area contributed by atoms with Crippen molar-refractivity contribution in [2.45, 2.75) is 39.1 Å². The first-order valence-corrected chi connectivity index (χ1v) is 9.19. The van der Waals surface area contributed by atoms with Gasteiger partial charge in [-0.25, -0.2) is 9.59 Å². The molecule has 1 saturated heterocycles. The molecule has 8 heteroatoms. The highest BCUT2D eigenvalue weighted by Gasteiger charge is 2.58. The summed E-state index contributed by atoms with van der Waals surface area (Å²) in [6, 6.07) is 0. The molecule has 0 spiro atoms. The minimum Gasteiger partial charge on any atom is -0.457 e. The number of rotatable bonds is 3. The van der Waals surface area contributed by atoms with Gasteiger partial charge in [0, 0.05) is 16.7 Å². The molecule has 0 unspecified atom stereocenters. The van der Waals surface area contributed by atoms with Crippen LogP contribution in [0.5, 0.6) is 0 Å². The number of hydrogen-bond donors (Lipinski definition) is 2. The van der Waals surface area contributed by atoms with E-state index in [1.807, 2.05) is 0 Å². The summed E-state index contributed by atoms with van der Waals surface area (Å²) >= 11 is 6.11. The lowest BCUT2D eigenvalue weighted by Gasteiger charge is -2.30. The Labute approximate surface area is 167 Å². The SMILES string of the molecule is C=C1C(=O)O[C@@H]2[C@H]3C(CO)=C(Cl)C(=O)C3=C(C)[C@@H](O)[C@@H](OC(=O)/C(C)=C/C)[C@@H]12. The van der Waals surface area contributed by atoms with E-state index in [1.54, 1.807) is 19.9 Å². The van der Waals surface area contributed by atoms with Crippen molar-refractivity contribution in [3.8, 4) is 0 Å². The van der Waals surface area contributed by atoms with E-state index in [4.69, 9.17) is 21.1 Å². The molecule has 0 aromatic heterocycles. The van der Waals surface area contributed by atoms with Gasteiger partial charge >= 0.3 is 11.9 Å². The molecular weight excluding hydrogens is 388 g/mol. The van der Waals surface area contributed by atoms with Crippen molar-refractivity contribution in [3.05, 3.63) is 45.6 Å². The van der Waals surface area contributed by atoms with Crippen molar-refractivity contribution in [2.75, 3.05) is 6.61 Å². The van der Waals surface area contributed by atoms with Crippen LogP contribution in [0.15, 0.2) is 45.6 Å². The summed E-state index contributed by atoms with van der Waals surface area (Å²) in [6.07, 6.45) is -1.98. The lowest BCUT2D eigenvalue weighted by molar-refractivity contribution is -0.154. The fourth-order valence-corrected chi connectivity index (χ4v) is 4.29. The summed E-state index contributed by atoms with van der Waals surface area (Å²) in [6.45, 7) is 7.98. The third-order valence-corrected chi connectivity index (χ3v) is 6.12. The van der Waals surface area contributed by atoms with Crippen molar-refractivity contribution < 1.29 is 34.1 Å². The number of hydrogen-bond acceptors (Lipinski definition) is 7. The highest BCUT2D eigenvalue weighted by molar-refractivity contribution is 6.47. The quantitative estimate of drug-likeness (QED) is 0.535. The molecule has 0 aromatic carbocycles. The first kappa shape index (κ1) is 20.5. The Bertz CT molecular complexity index is 879. The van der Waals surface area contributed by atoms with Gasteiger partial charge in [0.05, 0.1) is 23.5 Å².